The summed E-state index contributed by atoms with van der Waals surface area (Å²) in [6.45, 7) is 4.04. The zero-order valence-electron chi connectivity index (χ0n) is 12.6. The van der Waals surface area contributed by atoms with Crippen molar-refractivity contribution in [1.82, 2.24) is 14.8 Å². The summed E-state index contributed by atoms with van der Waals surface area (Å²) in [5, 5.41) is 18.1. The third kappa shape index (κ3) is 2.24. The molecule has 2 aromatic rings. The van der Waals surface area contributed by atoms with Crippen molar-refractivity contribution in [3.63, 3.8) is 0 Å². The van der Waals surface area contributed by atoms with Crippen molar-refractivity contribution in [1.29, 1.82) is 0 Å². The van der Waals surface area contributed by atoms with Crippen LogP contribution in [0.5, 0.6) is 0 Å². The van der Waals surface area contributed by atoms with Gasteiger partial charge in [0.1, 0.15) is 5.56 Å². The molecule has 6 heteroatoms. The van der Waals surface area contributed by atoms with Crippen molar-refractivity contribution in [2.45, 2.75) is 45.1 Å². The Morgan fingerprint density at radius 1 is 1.43 bits per heavy atom. The summed E-state index contributed by atoms with van der Waals surface area (Å²) in [7, 11) is 1.82. The zero-order valence-corrected chi connectivity index (χ0v) is 12.6. The molecule has 112 valence electrons. The standard InChI is InChI=1S/C15H20N4O2/c1-9-11-12(17-15(2)6-4-5-7-15)10(14(20)21)8-16-13(11)19(3)18-9/h8H,4-7H2,1-3H3,(H,16,17)(H,20,21). The Hall–Kier alpha value is -2.11. The molecule has 0 bridgehead atoms. The zero-order chi connectivity index (χ0) is 15.2. The van der Waals surface area contributed by atoms with E-state index < -0.39 is 5.97 Å². The minimum absolute atomic E-state index is 0.0548. The van der Waals surface area contributed by atoms with Gasteiger partial charge >= 0.3 is 5.97 Å². The molecule has 0 saturated heterocycles. The van der Waals surface area contributed by atoms with Crippen LogP contribution in [-0.4, -0.2) is 31.4 Å². The number of aryl methyl sites for hydroxylation is 2. The van der Waals surface area contributed by atoms with E-state index in [-0.39, 0.29) is 11.1 Å². The lowest BCUT2D eigenvalue weighted by Gasteiger charge is -2.28. The monoisotopic (exact) mass is 288 g/mol. The number of aromatic carboxylic acids is 1. The summed E-state index contributed by atoms with van der Waals surface area (Å²) in [6.07, 6.45) is 5.87. The number of rotatable bonds is 3. The maximum Gasteiger partial charge on any atom is 0.339 e. The molecule has 2 heterocycles. The van der Waals surface area contributed by atoms with E-state index in [4.69, 9.17) is 0 Å². The highest BCUT2D eigenvalue weighted by Gasteiger charge is 2.31. The van der Waals surface area contributed by atoms with Gasteiger partial charge in [-0.2, -0.15) is 5.10 Å². The van der Waals surface area contributed by atoms with Crippen LogP contribution in [0.4, 0.5) is 5.69 Å². The summed E-state index contributed by atoms with van der Waals surface area (Å²) in [5.41, 5.74) is 2.32. The maximum absolute atomic E-state index is 11.6. The Kier molecular flexibility index (Phi) is 3.11. The molecule has 0 aromatic carbocycles. The van der Waals surface area contributed by atoms with Gasteiger partial charge in [-0.1, -0.05) is 12.8 Å². The number of hydrogen-bond acceptors (Lipinski definition) is 4. The molecule has 0 aliphatic heterocycles. The number of anilines is 1. The Balaban J connectivity index is 2.21. The van der Waals surface area contributed by atoms with Crippen LogP contribution in [-0.2, 0) is 7.05 Å². The van der Waals surface area contributed by atoms with E-state index in [2.05, 4.69) is 22.3 Å². The number of hydrogen-bond donors (Lipinski definition) is 2. The Labute approximate surface area is 123 Å². The van der Waals surface area contributed by atoms with Gasteiger partial charge < -0.3 is 10.4 Å². The summed E-state index contributed by atoms with van der Waals surface area (Å²) < 4.78 is 1.69. The number of nitrogens with one attached hydrogen (secondary N) is 1. The molecule has 0 atom stereocenters. The van der Waals surface area contributed by atoms with E-state index in [9.17, 15) is 9.90 Å². The Bertz CT molecular complexity index is 714. The van der Waals surface area contributed by atoms with Gasteiger partial charge in [0.15, 0.2) is 5.65 Å². The minimum atomic E-state index is -0.961. The molecule has 1 aliphatic carbocycles. The number of aromatic nitrogens is 3. The predicted octanol–water partition coefficient (Wildman–Crippen LogP) is 2.72. The first-order valence-electron chi connectivity index (χ1n) is 7.25. The topological polar surface area (TPSA) is 80.0 Å². The summed E-state index contributed by atoms with van der Waals surface area (Å²) >= 11 is 0. The van der Waals surface area contributed by atoms with Crippen LogP contribution in [0.25, 0.3) is 11.0 Å². The maximum atomic E-state index is 11.6. The fraction of sp³-hybridized carbons (Fsp3) is 0.533. The molecule has 1 saturated carbocycles. The van der Waals surface area contributed by atoms with Crippen molar-refractivity contribution in [2.75, 3.05) is 5.32 Å². The molecule has 0 spiro atoms. The summed E-state index contributed by atoms with van der Waals surface area (Å²) in [4.78, 5) is 15.8. The highest BCUT2D eigenvalue weighted by atomic mass is 16.4. The smallest absolute Gasteiger partial charge is 0.339 e. The molecule has 0 amide bonds. The van der Waals surface area contributed by atoms with Crippen molar-refractivity contribution in [3.8, 4) is 0 Å². The number of carboxylic acid groups (broad SMARTS) is 1. The SMILES string of the molecule is Cc1nn(C)c2ncc(C(=O)O)c(NC3(C)CCCC3)c12. The van der Waals surface area contributed by atoms with Gasteiger partial charge in [-0.3, -0.25) is 4.68 Å². The van der Waals surface area contributed by atoms with E-state index in [0.29, 0.717) is 11.3 Å². The number of fused-ring (bicyclic) bond motifs is 1. The second-order valence-corrected chi connectivity index (χ2v) is 6.15. The van der Waals surface area contributed by atoms with Gasteiger partial charge in [-0.05, 0) is 26.7 Å². The highest BCUT2D eigenvalue weighted by Crippen LogP contribution is 2.37. The number of nitrogens with zero attached hydrogens (tertiary/aromatic N) is 3. The van der Waals surface area contributed by atoms with Crippen LogP contribution in [0, 0.1) is 6.92 Å². The van der Waals surface area contributed by atoms with E-state index in [1.165, 1.54) is 19.0 Å². The van der Waals surface area contributed by atoms with E-state index in [1.54, 1.807) is 4.68 Å². The molecule has 21 heavy (non-hydrogen) atoms. The molecule has 2 N–H and O–H groups in total. The van der Waals surface area contributed by atoms with Crippen molar-refractivity contribution in [2.24, 2.45) is 7.05 Å². The number of carbonyl (C=O) groups is 1. The highest BCUT2D eigenvalue weighted by molar-refractivity contribution is 6.04. The second kappa shape index (κ2) is 4.72. The largest absolute Gasteiger partial charge is 0.478 e. The van der Waals surface area contributed by atoms with Gasteiger partial charge in [0, 0.05) is 18.8 Å². The fourth-order valence-corrected chi connectivity index (χ4v) is 3.29. The summed E-state index contributed by atoms with van der Waals surface area (Å²) in [6, 6.07) is 0. The molecule has 1 fully saturated rings. The quantitative estimate of drug-likeness (QED) is 0.907. The predicted molar refractivity (Wildman–Crippen MR) is 80.7 cm³/mol. The van der Waals surface area contributed by atoms with Gasteiger partial charge in [0.05, 0.1) is 16.8 Å². The first kappa shape index (κ1) is 13.9. The van der Waals surface area contributed by atoms with Crippen LogP contribution in [0.1, 0.15) is 48.7 Å². The number of pyridine rings is 1. The molecular formula is C15H20N4O2. The summed E-state index contributed by atoms with van der Waals surface area (Å²) in [5.74, 6) is -0.961. The normalized spacial score (nSPS) is 17.3. The molecule has 3 rings (SSSR count). The van der Waals surface area contributed by atoms with Crippen LogP contribution in [0.3, 0.4) is 0 Å². The van der Waals surface area contributed by atoms with E-state index >= 15 is 0 Å². The van der Waals surface area contributed by atoms with Gasteiger partial charge in [-0.15, -0.1) is 0 Å². The van der Waals surface area contributed by atoms with Gasteiger partial charge in [0.25, 0.3) is 0 Å². The fourth-order valence-electron chi connectivity index (χ4n) is 3.29. The first-order chi connectivity index (χ1) is 9.91. The minimum Gasteiger partial charge on any atom is -0.478 e. The Morgan fingerprint density at radius 2 is 2.10 bits per heavy atom. The van der Waals surface area contributed by atoms with Crippen molar-refractivity contribution < 1.29 is 9.90 Å². The lowest BCUT2D eigenvalue weighted by atomic mass is 9.98. The molecule has 2 aromatic heterocycles. The van der Waals surface area contributed by atoms with E-state index in [1.807, 2.05) is 14.0 Å². The van der Waals surface area contributed by atoms with Gasteiger partial charge in [0.2, 0.25) is 0 Å². The van der Waals surface area contributed by atoms with Crippen LogP contribution in [0.15, 0.2) is 6.20 Å². The lowest BCUT2D eigenvalue weighted by Crippen LogP contribution is -2.31. The molecule has 0 radical (unpaired) electrons. The number of carboxylic acids is 1. The third-order valence-corrected chi connectivity index (χ3v) is 4.39. The molecule has 6 nitrogen and oxygen atoms in total. The Morgan fingerprint density at radius 3 is 2.71 bits per heavy atom. The molecule has 1 aliphatic rings. The van der Waals surface area contributed by atoms with Crippen molar-refractivity contribution >= 4 is 22.7 Å². The molecular weight excluding hydrogens is 268 g/mol. The lowest BCUT2D eigenvalue weighted by molar-refractivity contribution is 0.0697. The average molecular weight is 288 g/mol. The average Bonchev–Trinajstić information content (AvgIpc) is 2.95. The van der Waals surface area contributed by atoms with Crippen LogP contribution >= 0.6 is 0 Å². The molecule has 0 unspecified atom stereocenters. The van der Waals surface area contributed by atoms with Crippen LogP contribution in [0.2, 0.25) is 0 Å². The second-order valence-electron chi connectivity index (χ2n) is 6.15. The van der Waals surface area contributed by atoms with E-state index in [0.717, 1.165) is 23.9 Å². The third-order valence-electron chi connectivity index (χ3n) is 4.39. The first-order valence-corrected chi connectivity index (χ1v) is 7.25. The van der Waals surface area contributed by atoms with Crippen molar-refractivity contribution in [3.05, 3.63) is 17.5 Å². The van der Waals surface area contributed by atoms with Gasteiger partial charge in [-0.25, -0.2) is 9.78 Å². The van der Waals surface area contributed by atoms with Crippen LogP contribution < -0.4 is 5.32 Å².